The summed E-state index contributed by atoms with van der Waals surface area (Å²) in [6.07, 6.45) is 1.71. The molecule has 0 radical (unpaired) electrons. The largest absolute Gasteiger partial charge is 0.358 e. The number of pyridine rings is 1. The first-order chi connectivity index (χ1) is 9.45. The Hall–Kier alpha value is -1.98. The van der Waals surface area contributed by atoms with Crippen LogP contribution in [-0.2, 0) is 14.8 Å². The van der Waals surface area contributed by atoms with E-state index in [9.17, 15) is 13.2 Å². The number of sulfonamides is 1. The van der Waals surface area contributed by atoms with Gasteiger partial charge in [0.25, 0.3) is 0 Å². The van der Waals surface area contributed by atoms with E-state index in [0.29, 0.717) is 6.42 Å². The van der Waals surface area contributed by atoms with Gasteiger partial charge in [-0.3, -0.25) is 4.79 Å². The van der Waals surface area contributed by atoms with Crippen LogP contribution in [0.25, 0.3) is 0 Å². The summed E-state index contributed by atoms with van der Waals surface area (Å²) in [4.78, 5) is 15.1. The van der Waals surface area contributed by atoms with Crippen LogP contribution in [0.4, 0.5) is 0 Å². The van der Waals surface area contributed by atoms with Crippen LogP contribution in [0, 0.1) is 11.3 Å². The van der Waals surface area contributed by atoms with E-state index in [-0.39, 0.29) is 29.6 Å². The molecule has 0 aliphatic carbocycles. The Balaban J connectivity index is 3.08. The van der Waals surface area contributed by atoms with Gasteiger partial charge in [-0.25, -0.2) is 13.4 Å². The van der Waals surface area contributed by atoms with E-state index in [1.165, 1.54) is 19.2 Å². The third-order valence-electron chi connectivity index (χ3n) is 2.56. The predicted molar refractivity (Wildman–Crippen MR) is 72.1 cm³/mol. The minimum Gasteiger partial charge on any atom is -0.358 e. The van der Waals surface area contributed by atoms with Crippen LogP contribution in [0.1, 0.15) is 19.0 Å². The van der Waals surface area contributed by atoms with E-state index in [2.05, 4.69) is 10.3 Å². The second-order valence-corrected chi connectivity index (χ2v) is 5.94. The smallest absolute Gasteiger partial charge is 0.245 e. The number of carbonyl (C=O) groups excluding carboxylic acids is 1. The number of nitrogens with one attached hydrogen (secondary N) is 1. The zero-order chi connectivity index (χ0) is 15.2. The molecule has 0 saturated carbocycles. The van der Waals surface area contributed by atoms with Gasteiger partial charge in [0.1, 0.15) is 16.7 Å². The lowest BCUT2D eigenvalue weighted by molar-refractivity contribution is -0.120. The van der Waals surface area contributed by atoms with E-state index in [1.807, 2.05) is 13.0 Å². The Morgan fingerprint density at radius 2 is 2.20 bits per heavy atom. The van der Waals surface area contributed by atoms with Crippen molar-refractivity contribution in [3.05, 3.63) is 24.0 Å². The van der Waals surface area contributed by atoms with Gasteiger partial charge in [-0.15, -0.1) is 0 Å². The molecule has 1 amide bonds. The highest BCUT2D eigenvalue weighted by atomic mass is 32.2. The molecule has 1 aromatic rings. The fraction of sp³-hybridized carbons (Fsp3) is 0.417. The fourth-order valence-electron chi connectivity index (χ4n) is 1.52. The van der Waals surface area contributed by atoms with Crippen molar-refractivity contribution >= 4 is 15.9 Å². The zero-order valence-electron chi connectivity index (χ0n) is 11.3. The molecule has 1 N–H and O–H groups in total. The molecule has 1 rings (SSSR count). The van der Waals surface area contributed by atoms with Crippen molar-refractivity contribution in [2.75, 3.05) is 20.1 Å². The molecule has 108 valence electrons. The lowest BCUT2D eigenvalue weighted by atomic mass is 10.4. The number of carbonyl (C=O) groups is 1. The van der Waals surface area contributed by atoms with Crippen LogP contribution < -0.4 is 5.32 Å². The van der Waals surface area contributed by atoms with Crippen LogP contribution in [-0.4, -0.2) is 43.8 Å². The summed E-state index contributed by atoms with van der Waals surface area (Å²) in [5, 5.41) is 11.0. The molecule has 7 nitrogen and oxygen atoms in total. The molecule has 0 fully saturated rings. The Bertz CT molecular complexity index is 605. The number of amides is 1. The summed E-state index contributed by atoms with van der Waals surface area (Å²) in [5.74, 6) is -0.386. The van der Waals surface area contributed by atoms with Crippen LogP contribution in [0.15, 0.2) is 23.2 Å². The SMILES string of the molecule is CCCN(CC(=O)NC)S(=O)(=O)c1ccc(C#N)nc1. The first-order valence-corrected chi connectivity index (χ1v) is 7.46. The summed E-state index contributed by atoms with van der Waals surface area (Å²) in [7, 11) is -2.35. The molecule has 0 saturated heterocycles. The normalized spacial score (nSPS) is 11.1. The number of hydrogen-bond donors (Lipinski definition) is 1. The van der Waals surface area contributed by atoms with Gasteiger partial charge in [0.05, 0.1) is 6.54 Å². The van der Waals surface area contributed by atoms with Crippen molar-refractivity contribution in [3.63, 3.8) is 0 Å². The summed E-state index contributed by atoms with van der Waals surface area (Å²) < 4.78 is 25.9. The molecule has 0 spiro atoms. The zero-order valence-corrected chi connectivity index (χ0v) is 12.1. The van der Waals surface area contributed by atoms with E-state index in [4.69, 9.17) is 5.26 Å². The van der Waals surface area contributed by atoms with E-state index < -0.39 is 10.0 Å². The van der Waals surface area contributed by atoms with E-state index in [1.54, 1.807) is 0 Å². The molecule has 0 unspecified atom stereocenters. The van der Waals surface area contributed by atoms with Gasteiger partial charge < -0.3 is 5.32 Å². The monoisotopic (exact) mass is 296 g/mol. The van der Waals surface area contributed by atoms with Crippen LogP contribution >= 0.6 is 0 Å². The molecule has 1 heterocycles. The van der Waals surface area contributed by atoms with Gasteiger partial charge in [-0.1, -0.05) is 6.92 Å². The van der Waals surface area contributed by atoms with Crippen molar-refractivity contribution in [3.8, 4) is 6.07 Å². The molecular formula is C12H16N4O3S. The third-order valence-corrected chi connectivity index (χ3v) is 4.39. The Labute approximate surface area is 118 Å². The molecule has 1 aromatic heterocycles. The fourth-order valence-corrected chi connectivity index (χ4v) is 2.96. The van der Waals surface area contributed by atoms with Crippen molar-refractivity contribution < 1.29 is 13.2 Å². The van der Waals surface area contributed by atoms with E-state index in [0.717, 1.165) is 10.5 Å². The van der Waals surface area contributed by atoms with Gasteiger partial charge in [0.15, 0.2) is 0 Å². The maximum absolute atomic E-state index is 12.4. The second-order valence-electron chi connectivity index (χ2n) is 4.00. The molecule has 8 heteroatoms. The van der Waals surface area contributed by atoms with Gasteiger partial charge >= 0.3 is 0 Å². The Morgan fingerprint density at radius 1 is 1.50 bits per heavy atom. The van der Waals surface area contributed by atoms with Crippen molar-refractivity contribution in [2.45, 2.75) is 18.2 Å². The molecule has 0 aromatic carbocycles. The van der Waals surface area contributed by atoms with Crippen molar-refractivity contribution in [1.29, 1.82) is 5.26 Å². The molecule has 0 atom stereocenters. The molecule has 20 heavy (non-hydrogen) atoms. The average Bonchev–Trinajstić information content (AvgIpc) is 2.46. The lowest BCUT2D eigenvalue weighted by Gasteiger charge is -2.20. The predicted octanol–water partition coefficient (Wildman–Crippen LogP) is 0.1000. The number of nitriles is 1. The highest BCUT2D eigenvalue weighted by Gasteiger charge is 2.25. The van der Waals surface area contributed by atoms with Crippen molar-refractivity contribution in [2.24, 2.45) is 0 Å². The Kier molecular flexibility index (Phi) is 5.61. The first-order valence-electron chi connectivity index (χ1n) is 6.02. The van der Waals surface area contributed by atoms with Gasteiger partial charge in [0, 0.05) is 19.8 Å². The summed E-state index contributed by atoms with van der Waals surface area (Å²) in [6.45, 7) is 1.81. The van der Waals surface area contributed by atoms with Crippen LogP contribution in [0.2, 0.25) is 0 Å². The van der Waals surface area contributed by atoms with Gasteiger partial charge in [-0.05, 0) is 18.6 Å². The molecule has 0 bridgehead atoms. The van der Waals surface area contributed by atoms with Gasteiger partial charge in [-0.2, -0.15) is 9.57 Å². The highest BCUT2D eigenvalue weighted by molar-refractivity contribution is 7.89. The molecular weight excluding hydrogens is 280 g/mol. The number of rotatable bonds is 6. The van der Waals surface area contributed by atoms with Crippen LogP contribution in [0.5, 0.6) is 0 Å². The van der Waals surface area contributed by atoms with Crippen LogP contribution in [0.3, 0.4) is 0 Å². The van der Waals surface area contributed by atoms with E-state index >= 15 is 0 Å². The Morgan fingerprint density at radius 3 is 2.65 bits per heavy atom. The lowest BCUT2D eigenvalue weighted by Crippen LogP contribution is -2.40. The first kappa shape index (κ1) is 16.1. The second kappa shape index (κ2) is 6.98. The highest BCUT2D eigenvalue weighted by Crippen LogP contribution is 2.15. The van der Waals surface area contributed by atoms with Crippen molar-refractivity contribution in [1.82, 2.24) is 14.6 Å². The third kappa shape index (κ3) is 3.76. The maximum Gasteiger partial charge on any atom is 0.245 e. The summed E-state index contributed by atoms with van der Waals surface area (Å²) in [5.41, 5.74) is 0.136. The molecule has 0 aliphatic rings. The number of nitrogens with zero attached hydrogens (tertiary/aromatic N) is 3. The standard InChI is InChI=1S/C12H16N4O3S/c1-3-6-16(9-12(17)14-2)20(18,19)11-5-4-10(7-13)15-8-11/h4-5,8H,3,6,9H2,1-2H3,(H,14,17). The summed E-state index contributed by atoms with van der Waals surface area (Å²) >= 11 is 0. The maximum atomic E-state index is 12.4. The number of likely N-dealkylation sites (N-methyl/N-ethyl adjacent to an activating group) is 1. The minimum atomic E-state index is -3.79. The average molecular weight is 296 g/mol. The number of hydrogen-bond acceptors (Lipinski definition) is 5. The summed E-state index contributed by atoms with van der Waals surface area (Å²) in [6, 6.07) is 4.46. The quantitative estimate of drug-likeness (QED) is 0.802. The molecule has 0 aliphatic heterocycles. The minimum absolute atomic E-state index is 0.0335. The number of aromatic nitrogens is 1. The topological polar surface area (TPSA) is 103 Å². The van der Waals surface area contributed by atoms with Gasteiger partial charge in [0.2, 0.25) is 15.9 Å².